The van der Waals surface area contributed by atoms with Crippen LogP contribution in [-0.4, -0.2) is 24.0 Å². The summed E-state index contributed by atoms with van der Waals surface area (Å²) in [6, 6.07) is 0. The third-order valence-corrected chi connectivity index (χ3v) is 2.00. The molecule has 0 aromatic rings. The highest BCUT2D eigenvalue weighted by atomic mass is 19.4. The van der Waals surface area contributed by atoms with Crippen molar-refractivity contribution >= 4 is 11.8 Å². The van der Waals surface area contributed by atoms with Gasteiger partial charge in [0, 0.05) is 0 Å². The summed E-state index contributed by atoms with van der Waals surface area (Å²) >= 11 is 0. The molecule has 0 saturated heterocycles. The maximum atomic E-state index is 12.4. The monoisotopic (exact) mass is 254 g/mol. The molecule has 0 saturated carbocycles. The molecular weight excluding hydrogens is 237 g/mol. The average Bonchev–Trinajstić information content (AvgIpc) is 1.97. The van der Waals surface area contributed by atoms with E-state index < -0.39 is 35.4 Å². The van der Waals surface area contributed by atoms with E-state index in [1.807, 2.05) is 0 Å². The topological polar surface area (TPSA) is 43.4 Å². The van der Waals surface area contributed by atoms with Crippen molar-refractivity contribution < 1.29 is 27.5 Å². The highest BCUT2D eigenvalue weighted by Crippen LogP contribution is 2.34. The third-order valence-electron chi connectivity index (χ3n) is 2.00. The quantitative estimate of drug-likeness (QED) is 0.574. The third kappa shape index (κ3) is 4.75. The smallest absolute Gasteiger partial charge is 0.450 e. The van der Waals surface area contributed by atoms with Gasteiger partial charge in [0.05, 0.1) is 6.10 Å². The lowest BCUT2D eigenvalue weighted by Crippen LogP contribution is -2.44. The van der Waals surface area contributed by atoms with Crippen molar-refractivity contribution in [3.8, 4) is 0 Å². The first-order valence-electron chi connectivity index (χ1n) is 5.19. The summed E-state index contributed by atoms with van der Waals surface area (Å²) in [5, 5.41) is 0. The summed E-state index contributed by atoms with van der Waals surface area (Å²) in [4.78, 5) is 22.8. The van der Waals surface area contributed by atoms with Gasteiger partial charge in [0.2, 0.25) is 0 Å². The number of Topliss-reactive ketones (excluding diaryl/α,β-unsaturated/α-hetero) is 1. The van der Waals surface area contributed by atoms with Crippen LogP contribution in [0.25, 0.3) is 0 Å². The summed E-state index contributed by atoms with van der Waals surface area (Å²) in [6.45, 7) is 7.19. The van der Waals surface area contributed by atoms with Gasteiger partial charge < -0.3 is 4.74 Å². The van der Waals surface area contributed by atoms with Crippen LogP contribution < -0.4 is 0 Å². The van der Waals surface area contributed by atoms with Gasteiger partial charge in [0.25, 0.3) is 5.78 Å². The fourth-order valence-electron chi connectivity index (χ4n) is 1.32. The minimum absolute atomic E-state index is 0.562. The number of rotatable bonds is 3. The van der Waals surface area contributed by atoms with Crippen molar-refractivity contribution in [2.75, 3.05) is 0 Å². The molecule has 0 amide bonds. The Labute approximate surface area is 98.3 Å². The molecule has 0 aliphatic carbocycles. The zero-order valence-electron chi connectivity index (χ0n) is 10.5. The molecule has 0 aliphatic heterocycles. The van der Waals surface area contributed by atoms with Crippen LogP contribution in [0.5, 0.6) is 0 Å². The number of carbonyl (C=O) groups is 2. The van der Waals surface area contributed by atoms with Gasteiger partial charge in [-0.2, -0.15) is 13.2 Å². The Balaban J connectivity index is 5.18. The van der Waals surface area contributed by atoms with Gasteiger partial charge in [-0.15, -0.1) is 0 Å². The molecule has 0 fully saturated rings. The molecule has 0 N–H and O–H groups in total. The van der Waals surface area contributed by atoms with Gasteiger partial charge in [-0.1, -0.05) is 20.8 Å². The first kappa shape index (κ1) is 15.9. The van der Waals surface area contributed by atoms with E-state index in [9.17, 15) is 22.8 Å². The fourth-order valence-corrected chi connectivity index (χ4v) is 1.32. The summed E-state index contributed by atoms with van der Waals surface area (Å²) < 4.78 is 41.8. The van der Waals surface area contributed by atoms with Crippen molar-refractivity contribution in [2.45, 2.75) is 46.9 Å². The normalized spacial score (nSPS) is 14.6. The molecule has 0 aromatic heterocycles. The lowest BCUT2D eigenvalue weighted by molar-refractivity contribution is -0.186. The van der Waals surface area contributed by atoms with Gasteiger partial charge >= 0.3 is 12.1 Å². The van der Waals surface area contributed by atoms with Gasteiger partial charge in [-0.05, 0) is 19.3 Å². The standard InChI is InChI=1S/C11H17F3O3/c1-6(2)17-9(16)7(10(3,4)5)8(15)11(12,13)14/h6-7H,1-5H3. The number of esters is 1. The molecule has 0 aromatic carbocycles. The van der Waals surface area contributed by atoms with Crippen LogP contribution in [0.3, 0.4) is 0 Å². The van der Waals surface area contributed by atoms with E-state index in [1.54, 1.807) is 0 Å². The second kappa shape index (κ2) is 5.06. The molecule has 17 heavy (non-hydrogen) atoms. The molecular formula is C11H17F3O3. The zero-order chi connectivity index (χ0) is 14.0. The van der Waals surface area contributed by atoms with Crippen LogP contribution in [0.15, 0.2) is 0 Å². The van der Waals surface area contributed by atoms with E-state index in [4.69, 9.17) is 4.74 Å². The number of hydrogen-bond donors (Lipinski definition) is 0. The van der Waals surface area contributed by atoms with Crippen LogP contribution in [0.2, 0.25) is 0 Å². The van der Waals surface area contributed by atoms with Gasteiger partial charge in [0.1, 0.15) is 5.92 Å². The Morgan fingerprint density at radius 3 is 1.71 bits per heavy atom. The molecule has 0 bridgehead atoms. The van der Waals surface area contributed by atoms with E-state index in [0.29, 0.717) is 0 Å². The van der Waals surface area contributed by atoms with E-state index in [-0.39, 0.29) is 0 Å². The van der Waals surface area contributed by atoms with Gasteiger partial charge in [0.15, 0.2) is 0 Å². The first-order valence-corrected chi connectivity index (χ1v) is 5.19. The lowest BCUT2D eigenvalue weighted by atomic mass is 9.78. The van der Waals surface area contributed by atoms with Crippen molar-refractivity contribution in [3.05, 3.63) is 0 Å². The summed E-state index contributed by atoms with van der Waals surface area (Å²) in [6.07, 6.45) is -5.60. The zero-order valence-corrected chi connectivity index (χ0v) is 10.5. The Morgan fingerprint density at radius 1 is 1.06 bits per heavy atom. The van der Waals surface area contributed by atoms with Crippen molar-refractivity contribution in [2.24, 2.45) is 11.3 Å². The highest BCUT2D eigenvalue weighted by molar-refractivity contribution is 6.02. The van der Waals surface area contributed by atoms with Crippen LogP contribution in [-0.2, 0) is 14.3 Å². The van der Waals surface area contributed by atoms with Crippen LogP contribution >= 0.6 is 0 Å². The van der Waals surface area contributed by atoms with E-state index in [0.717, 1.165) is 0 Å². The Bertz CT molecular complexity index is 300. The summed E-state index contributed by atoms with van der Waals surface area (Å²) in [5.41, 5.74) is -1.14. The van der Waals surface area contributed by atoms with Crippen molar-refractivity contribution in [3.63, 3.8) is 0 Å². The predicted molar refractivity (Wildman–Crippen MR) is 55.2 cm³/mol. The number of halogens is 3. The summed E-state index contributed by atoms with van der Waals surface area (Å²) in [5.74, 6) is -5.02. The second-order valence-corrected chi connectivity index (χ2v) is 5.15. The minimum atomic E-state index is -5.03. The molecule has 3 nitrogen and oxygen atoms in total. The number of ketones is 1. The molecule has 0 radical (unpaired) electrons. The van der Waals surface area contributed by atoms with Crippen LogP contribution in [0, 0.1) is 11.3 Å². The molecule has 0 spiro atoms. The average molecular weight is 254 g/mol. The van der Waals surface area contributed by atoms with Gasteiger partial charge in [-0.25, -0.2) is 0 Å². The predicted octanol–water partition coefficient (Wildman–Crippen LogP) is 2.73. The van der Waals surface area contributed by atoms with E-state index in [2.05, 4.69) is 0 Å². The van der Waals surface area contributed by atoms with E-state index >= 15 is 0 Å². The highest BCUT2D eigenvalue weighted by Gasteiger charge is 2.51. The molecule has 0 heterocycles. The fraction of sp³-hybridized carbons (Fsp3) is 0.818. The largest absolute Gasteiger partial charge is 0.462 e. The Hall–Kier alpha value is -1.07. The maximum Gasteiger partial charge on any atom is 0.450 e. The van der Waals surface area contributed by atoms with Crippen LogP contribution in [0.1, 0.15) is 34.6 Å². The number of ether oxygens (including phenoxy) is 1. The number of hydrogen-bond acceptors (Lipinski definition) is 3. The number of carbonyl (C=O) groups excluding carboxylic acids is 2. The van der Waals surface area contributed by atoms with Crippen LogP contribution in [0.4, 0.5) is 13.2 Å². The summed E-state index contributed by atoms with van der Waals surface area (Å²) in [7, 11) is 0. The van der Waals surface area contributed by atoms with Crippen molar-refractivity contribution in [1.29, 1.82) is 0 Å². The second-order valence-electron chi connectivity index (χ2n) is 5.15. The maximum absolute atomic E-state index is 12.4. The molecule has 0 rings (SSSR count). The van der Waals surface area contributed by atoms with E-state index in [1.165, 1.54) is 34.6 Å². The molecule has 6 heteroatoms. The Morgan fingerprint density at radius 2 is 1.47 bits per heavy atom. The SMILES string of the molecule is CC(C)OC(=O)C(C(=O)C(F)(F)F)C(C)(C)C. The number of alkyl halides is 3. The Kier molecular flexibility index (Phi) is 4.74. The minimum Gasteiger partial charge on any atom is -0.462 e. The molecule has 100 valence electrons. The molecule has 1 atom stereocenters. The molecule has 0 aliphatic rings. The lowest BCUT2D eigenvalue weighted by Gasteiger charge is -2.28. The van der Waals surface area contributed by atoms with Gasteiger partial charge in [-0.3, -0.25) is 9.59 Å². The van der Waals surface area contributed by atoms with Crippen molar-refractivity contribution in [1.82, 2.24) is 0 Å². The first-order chi connectivity index (χ1) is 7.37. The molecule has 1 unspecified atom stereocenters.